The van der Waals surface area contributed by atoms with Crippen LogP contribution in [0, 0.1) is 0 Å². The van der Waals surface area contributed by atoms with Gasteiger partial charge in [0.2, 0.25) is 0 Å². The van der Waals surface area contributed by atoms with Crippen molar-refractivity contribution in [3.05, 3.63) is 16.3 Å². The van der Waals surface area contributed by atoms with Crippen LogP contribution in [0.1, 0.15) is 5.56 Å². The Morgan fingerprint density at radius 1 is 1.50 bits per heavy atom. The van der Waals surface area contributed by atoms with Crippen molar-refractivity contribution < 1.29 is 22.7 Å². The monoisotopic (exact) mass is 244 g/mol. The molecule has 1 N–H and O–H groups in total. The summed E-state index contributed by atoms with van der Waals surface area (Å²) in [6, 6.07) is 1.09. The van der Waals surface area contributed by atoms with E-state index < -0.39 is 18.5 Å². The Balaban J connectivity index is 2.82. The molecule has 0 amide bonds. The van der Waals surface area contributed by atoms with Crippen molar-refractivity contribution in [1.82, 2.24) is 0 Å². The van der Waals surface area contributed by atoms with Gasteiger partial charge in [0, 0.05) is 5.56 Å². The minimum Gasteiger partial charge on any atom is -0.480 e. The molecule has 0 fully saturated rings. The number of alkyl halides is 3. The molecule has 0 aliphatic carbocycles. The van der Waals surface area contributed by atoms with Gasteiger partial charge in [-0.05, 0) is 22.0 Å². The molecule has 0 atom stereocenters. The molecule has 6 heteroatoms. The van der Waals surface area contributed by atoms with E-state index in [9.17, 15) is 13.2 Å². The van der Waals surface area contributed by atoms with Crippen molar-refractivity contribution in [2.75, 3.05) is 0 Å². The van der Waals surface area contributed by atoms with Crippen molar-refractivity contribution in [3.63, 3.8) is 0 Å². The molecule has 0 bridgehead atoms. The van der Waals surface area contributed by atoms with Crippen LogP contribution >= 0.6 is 15.9 Å². The van der Waals surface area contributed by atoms with E-state index >= 15 is 0 Å². The number of rotatable bonds is 1. The van der Waals surface area contributed by atoms with Gasteiger partial charge in [-0.15, -0.1) is 0 Å². The summed E-state index contributed by atoms with van der Waals surface area (Å²) in [6.07, 6.45) is -5.52. The maximum Gasteiger partial charge on any atom is 0.393 e. The number of aromatic hydroxyl groups is 1. The molecule has 1 rings (SSSR count). The number of halogens is 4. The van der Waals surface area contributed by atoms with Gasteiger partial charge in [0.1, 0.15) is 0 Å². The van der Waals surface area contributed by atoms with Gasteiger partial charge in [-0.2, -0.15) is 13.2 Å². The van der Waals surface area contributed by atoms with Crippen molar-refractivity contribution in [1.29, 1.82) is 0 Å². The molecule has 0 spiro atoms. The van der Waals surface area contributed by atoms with E-state index in [0.29, 0.717) is 0 Å². The molecule has 0 saturated carbocycles. The van der Waals surface area contributed by atoms with Gasteiger partial charge in [0.05, 0.1) is 6.42 Å². The van der Waals surface area contributed by atoms with Gasteiger partial charge < -0.3 is 9.52 Å². The number of hydrogen-bond acceptors (Lipinski definition) is 2. The Kier molecular flexibility index (Phi) is 2.36. The van der Waals surface area contributed by atoms with E-state index in [-0.39, 0.29) is 10.2 Å². The van der Waals surface area contributed by atoms with Gasteiger partial charge in [-0.25, -0.2) is 0 Å². The fraction of sp³-hybridized carbons (Fsp3) is 0.333. The highest BCUT2D eigenvalue weighted by atomic mass is 79.9. The summed E-state index contributed by atoms with van der Waals surface area (Å²) < 4.78 is 39.8. The van der Waals surface area contributed by atoms with E-state index in [1.54, 1.807) is 0 Å². The standard InChI is InChI=1S/C6H4BrF3O2/c7-4-1-3(5(11)12-4)2-6(8,9)10/h1,11H,2H2. The van der Waals surface area contributed by atoms with Crippen LogP contribution in [0.15, 0.2) is 15.2 Å². The van der Waals surface area contributed by atoms with Crippen LogP contribution in [0.5, 0.6) is 5.95 Å². The second kappa shape index (κ2) is 3.01. The molecular formula is C6H4BrF3O2. The van der Waals surface area contributed by atoms with Gasteiger partial charge in [0.25, 0.3) is 5.95 Å². The zero-order valence-electron chi connectivity index (χ0n) is 5.65. The van der Waals surface area contributed by atoms with Crippen LogP contribution in [0.25, 0.3) is 0 Å². The van der Waals surface area contributed by atoms with Crippen LogP contribution in [-0.4, -0.2) is 11.3 Å². The summed E-state index contributed by atoms with van der Waals surface area (Å²) in [5.41, 5.74) is -0.269. The fourth-order valence-corrected chi connectivity index (χ4v) is 1.16. The molecule has 0 unspecified atom stereocenters. The second-order valence-corrected chi connectivity index (χ2v) is 2.95. The van der Waals surface area contributed by atoms with Gasteiger partial charge >= 0.3 is 6.18 Å². The molecule has 0 saturated heterocycles. The lowest BCUT2D eigenvalue weighted by Crippen LogP contribution is -2.10. The first-order valence-electron chi connectivity index (χ1n) is 2.92. The average molecular weight is 245 g/mol. The SMILES string of the molecule is Oc1oc(Br)cc1CC(F)(F)F. The van der Waals surface area contributed by atoms with Crippen molar-refractivity contribution in [2.45, 2.75) is 12.6 Å². The van der Waals surface area contributed by atoms with Crippen molar-refractivity contribution in [3.8, 4) is 5.95 Å². The molecule has 12 heavy (non-hydrogen) atoms. The average Bonchev–Trinajstić information content (AvgIpc) is 2.06. The second-order valence-electron chi connectivity index (χ2n) is 2.17. The molecule has 68 valence electrons. The summed E-state index contributed by atoms with van der Waals surface area (Å²) in [4.78, 5) is 0. The third-order valence-electron chi connectivity index (χ3n) is 1.15. The van der Waals surface area contributed by atoms with E-state index in [0.717, 1.165) is 6.07 Å². The van der Waals surface area contributed by atoms with Crippen LogP contribution < -0.4 is 0 Å². The Morgan fingerprint density at radius 3 is 2.42 bits per heavy atom. The van der Waals surface area contributed by atoms with Gasteiger partial charge in [0.15, 0.2) is 4.67 Å². The normalized spacial score (nSPS) is 12.0. The lowest BCUT2D eigenvalue weighted by molar-refractivity contribution is -0.127. The molecule has 0 aliphatic rings. The Morgan fingerprint density at radius 2 is 2.08 bits per heavy atom. The highest BCUT2D eigenvalue weighted by Gasteiger charge is 2.30. The Labute approximate surface area is 74.1 Å². The predicted molar refractivity (Wildman–Crippen MR) is 37.8 cm³/mol. The van der Waals surface area contributed by atoms with E-state index in [1.807, 2.05) is 0 Å². The number of furan rings is 1. The number of hydrogen-bond donors (Lipinski definition) is 1. The molecular weight excluding hydrogens is 241 g/mol. The summed E-state index contributed by atoms with van der Waals surface area (Å²) in [5.74, 6) is -0.695. The molecule has 0 aliphatic heterocycles. The van der Waals surface area contributed by atoms with Crippen LogP contribution in [0.3, 0.4) is 0 Å². The minimum atomic E-state index is -4.33. The first-order valence-corrected chi connectivity index (χ1v) is 3.72. The summed E-state index contributed by atoms with van der Waals surface area (Å²) >= 11 is 2.80. The predicted octanol–water partition coefficient (Wildman–Crippen LogP) is 2.85. The van der Waals surface area contributed by atoms with Crippen LogP contribution in [0.2, 0.25) is 0 Å². The lowest BCUT2D eigenvalue weighted by Gasteiger charge is -2.02. The first-order chi connectivity index (χ1) is 5.38. The summed E-state index contributed by atoms with van der Waals surface area (Å²) in [6.45, 7) is 0. The van der Waals surface area contributed by atoms with E-state index in [2.05, 4.69) is 20.3 Å². The molecule has 0 aromatic carbocycles. The topological polar surface area (TPSA) is 33.4 Å². The molecule has 0 radical (unpaired) electrons. The Bertz CT molecular complexity index is 279. The molecule has 1 aromatic rings. The third kappa shape index (κ3) is 2.44. The lowest BCUT2D eigenvalue weighted by atomic mass is 10.2. The van der Waals surface area contributed by atoms with E-state index in [1.165, 1.54) is 0 Å². The van der Waals surface area contributed by atoms with Gasteiger partial charge in [-0.1, -0.05) is 0 Å². The zero-order chi connectivity index (χ0) is 9.35. The maximum absolute atomic E-state index is 11.8. The Hall–Kier alpha value is -0.650. The van der Waals surface area contributed by atoms with Crippen LogP contribution in [0.4, 0.5) is 13.2 Å². The van der Waals surface area contributed by atoms with Crippen molar-refractivity contribution in [2.24, 2.45) is 0 Å². The minimum absolute atomic E-state index is 0.0826. The summed E-state index contributed by atoms with van der Waals surface area (Å²) in [5, 5.41) is 8.80. The smallest absolute Gasteiger partial charge is 0.393 e. The first kappa shape index (κ1) is 9.44. The zero-order valence-corrected chi connectivity index (χ0v) is 7.24. The fourth-order valence-electron chi connectivity index (χ4n) is 0.729. The van der Waals surface area contributed by atoms with Gasteiger partial charge in [-0.3, -0.25) is 0 Å². The molecule has 1 aromatic heterocycles. The molecule has 2 nitrogen and oxygen atoms in total. The quantitative estimate of drug-likeness (QED) is 0.825. The van der Waals surface area contributed by atoms with Crippen LogP contribution in [-0.2, 0) is 6.42 Å². The van der Waals surface area contributed by atoms with E-state index in [4.69, 9.17) is 5.11 Å². The third-order valence-corrected chi connectivity index (χ3v) is 1.54. The molecule has 1 heterocycles. The highest BCUT2D eigenvalue weighted by Crippen LogP contribution is 2.31. The largest absolute Gasteiger partial charge is 0.480 e. The maximum atomic E-state index is 11.8. The highest BCUT2D eigenvalue weighted by molar-refractivity contribution is 9.10. The summed E-state index contributed by atoms with van der Waals surface area (Å²) in [7, 11) is 0. The van der Waals surface area contributed by atoms with Crippen molar-refractivity contribution >= 4 is 15.9 Å².